The van der Waals surface area contributed by atoms with Crippen LogP contribution in [-0.4, -0.2) is 49.4 Å². The normalized spacial score (nSPS) is 17.3. The number of nitrogens with two attached hydrogens (primary N) is 1. The molecule has 2 N–H and O–H groups in total. The lowest BCUT2D eigenvalue weighted by Gasteiger charge is -2.30. The van der Waals surface area contributed by atoms with Crippen LogP contribution in [0, 0.1) is 0 Å². The molecule has 0 aromatic heterocycles. The van der Waals surface area contributed by atoms with Crippen LogP contribution in [0.25, 0.3) is 0 Å². The monoisotopic (exact) mass is 230 g/mol. The number of carbonyl (C=O) groups is 1. The van der Waals surface area contributed by atoms with Gasteiger partial charge >= 0.3 is 6.09 Å². The Kier molecular flexibility index (Phi) is 5.02. The molecule has 0 radical (unpaired) electrons. The van der Waals surface area contributed by atoms with E-state index in [0.717, 1.165) is 12.8 Å². The van der Waals surface area contributed by atoms with Crippen LogP contribution in [0.3, 0.4) is 0 Å². The van der Waals surface area contributed by atoms with Crippen molar-refractivity contribution in [2.75, 3.05) is 32.9 Å². The quantitative estimate of drug-likeness (QED) is 0.781. The molecule has 1 aliphatic rings. The van der Waals surface area contributed by atoms with E-state index in [-0.39, 0.29) is 18.2 Å². The third-order valence-corrected chi connectivity index (χ3v) is 3.16. The van der Waals surface area contributed by atoms with Gasteiger partial charge in [0.2, 0.25) is 0 Å². The summed E-state index contributed by atoms with van der Waals surface area (Å²) in [5, 5.41) is 0. The Morgan fingerprint density at radius 2 is 1.94 bits per heavy atom. The van der Waals surface area contributed by atoms with Crippen molar-refractivity contribution in [3.8, 4) is 0 Å². The first-order valence-electron chi connectivity index (χ1n) is 5.89. The van der Waals surface area contributed by atoms with Crippen molar-refractivity contribution in [1.82, 2.24) is 4.90 Å². The smallest absolute Gasteiger partial charge is 0.409 e. The number of carbonyl (C=O) groups excluding carboxylic acids is 1. The molecule has 5 nitrogen and oxygen atoms in total. The zero-order valence-electron chi connectivity index (χ0n) is 10.2. The molecule has 0 aliphatic carbocycles. The first-order chi connectivity index (χ1) is 7.61. The molecule has 1 saturated heterocycles. The van der Waals surface area contributed by atoms with Gasteiger partial charge in [-0.25, -0.2) is 4.79 Å². The third-order valence-electron chi connectivity index (χ3n) is 3.16. The number of hydrogen-bond acceptors (Lipinski definition) is 4. The molecule has 0 spiro atoms. The van der Waals surface area contributed by atoms with Crippen molar-refractivity contribution in [3.05, 3.63) is 0 Å². The van der Waals surface area contributed by atoms with E-state index in [2.05, 4.69) is 0 Å². The van der Waals surface area contributed by atoms with E-state index >= 15 is 0 Å². The van der Waals surface area contributed by atoms with Crippen molar-refractivity contribution in [2.45, 2.75) is 32.2 Å². The minimum atomic E-state index is -0.387. The Labute approximate surface area is 96.9 Å². The highest BCUT2D eigenvalue weighted by atomic mass is 16.6. The molecule has 0 saturated carbocycles. The van der Waals surface area contributed by atoms with Crippen LogP contribution < -0.4 is 5.73 Å². The molecule has 1 fully saturated rings. The number of ether oxygens (including phenoxy) is 2. The van der Waals surface area contributed by atoms with Gasteiger partial charge in [0.05, 0.1) is 13.2 Å². The van der Waals surface area contributed by atoms with Crippen LogP contribution >= 0.6 is 0 Å². The van der Waals surface area contributed by atoms with E-state index < -0.39 is 0 Å². The highest BCUT2D eigenvalue weighted by Crippen LogP contribution is 2.12. The lowest BCUT2D eigenvalue weighted by molar-refractivity contribution is 0.0202. The van der Waals surface area contributed by atoms with E-state index in [1.165, 1.54) is 0 Å². The summed E-state index contributed by atoms with van der Waals surface area (Å²) in [6.45, 7) is 6.69. The third kappa shape index (κ3) is 3.64. The fourth-order valence-electron chi connectivity index (χ4n) is 1.50. The van der Waals surface area contributed by atoms with E-state index in [0.29, 0.717) is 26.3 Å². The van der Waals surface area contributed by atoms with E-state index in [4.69, 9.17) is 15.2 Å². The number of hydrogen-bond donors (Lipinski definition) is 1. The SMILES string of the molecule is CCC(N)(CC)COC(=O)N1CCOCC1. The van der Waals surface area contributed by atoms with Gasteiger partial charge in [-0.3, -0.25) is 0 Å². The van der Waals surface area contributed by atoms with Crippen molar-refractivity contribution in [2.24, 2.45) is 5.73 Å². The molecule has 0 unspecified atom stereocenters. The molecule has 5 heteroatoms. The van der Waals surface area contributed by atoms with Crippen molar-refractivity contribution < 1.29 is 14.3 Å². The van der Waals surface area contributed by atoms with Gasteiger partial charge in [-0.15, -0.1) is 0 Å². The molecule has 1 amide bonds. The van der Waals surface area contributed by atoms with E-state index in [1.54, 1.807) is 4.90 Å². The summed E-state index contributed by atoms with van der Waals surface area (Å²) in [7, 11) is 0. The second kappa shape index (κ2) is 6.06. The number of morpholine rings is 1. The first kappa shape index (κ1) is 13.3. The van der Waals surface area contributed by atoms with Crippen LogP contribution in [-0.2, 0) is 9.47 Å². The number of rotatable bonds is 4. The van der Waals surface area contributed by atoms with Crippen molar-refractivity contribution in [3.63, 3.8) is 0 Å². The predicted octanol–water partition coefficient (Wildman–Crippen LogP) is 0.973. The Balaban J connectivity index is 2.33. The largest absolute Gasteiger partial charge is 0.447 e. The van der Waals surface area contributed by atoms with Gasteiger partial charge in [-0.05, 0) is 12.8 Å². The predicted molar refractivity (Wildman–Crippen MR) is 61.2 cm³/mol. The first-order valence-corrected chi connectivity index (χ1v) is 5.89. The molecular weight excluding hydrogens is 208 g/mol. The van der Waals surface area contributed by atoms with Crippen molar-refractivity contribution >= 4 is 6.09 Å². The summed E-state index contributed by atoms with van der Waals surface area (Å²) in [4.78, 5) is 13.3. The van der Waals surface area contributed by atoms with Gasteiger partial charge in [-0.1, -0.05) is 13.8 Å². The summed E-state index contributed by atoms with van der Waals surface area (Å²) >= 11 is 0. The second-order valence-electron chi connectivity index (χ2n) is 4.22. The second-order valence-corrected chi connectivity index (χ2v) is 4.22. The molecule has 0 aromatic rings. The van der Waals surface area contributed by atoms with Gasteiger partial charge in [0, 0.05) is 18.6 Å². The zero-order chi connectivity index (χ0) is 12.0. The fraction of sp³-hybridized carbons (Fsp3) is 0.909. The standard InChI is InChI=1S/C11H22N2O3/c1-3-11(12,4-2)9-16-10(14)13-5-7-15-8-6-13/h3-9,12H2,1-2H3. The minimum Gasteiger partial charge on any atom is -0.447 e. The number of nitrogens with zero attached hydrogens (tertiary/aromatic N) is 1. The Hall–Kier alpha value is -0.810. The number of amides is 1. The Morgan fingerprint density at radius 3 is 2.44 bits per heavy atom. The van der Waals surface area contributed by atoms with E-state index in [9.17, 15) is 4.79 Å². The van der Waals surface area contributed by atoms with Crippen LogP contribution in [0.4, 0.5) is 4.79 Å². The van der Waals surface area contributed by atoms with Crippen LogP contribution in [0.15, 0.2) is 0 Å². The maximum absolute atomic E-state index is 11.7. The Bertz CT molecular complexity index is 223. The summed E-state index contributed by atoms with van der Waals surface area (Å²) in [5.74, 6) is 0. The summed E-state index contributed by atoms with van der Waals surface area (Å²) < 4.78 is 10.4. The molecule has 1 aliphatic heterocycles. The highest BCUT2D eigenvalue weighted by Gasteiger charge is 2.25. The molecule has 0 aromatic carbocycles. The fourth-order valence-corrected chi connectivity index (χ4v) is 1.50. The minimum absolute atomic E-state index is 0.278. The molecule has 1 heterocycles. The molecule has 16 heavy (non-hydrogen) atoms. The van der Waals surface area contributed by atoms with Gasteiger partial charge in [0.15, 0.2) is 0 Å². The summed E-state index contributed by atoms with van der Waals surface area (Å²) in [6.07, 6.45) is 1.33. The van der Waals surface area contributed by atoms with Gasteiger partial charge < -0.3 is 20.1 Å². The molecule has 0 bridgehead atoms. The zero-order valence-corrected chi connectivity index (χ0v) is 10.2. The van der Waals surface area contributed by atoms with E-state index in [1.807, 2.05) is 13.8 Å². The molecule has 0 atom stereocenters. The molecule has 94 valence electrons. The summed E-state index contributed by atoms with van der Waals surface area (Å²) in [5.41, 5.74) is 5.67. The maximum atomic E-state index is 11.7. The lowest BCUT2D eigenvalue weighted by Crippen LogP contribution is -2.47. The molecule has 1 rings (SSSR count). The van der Waals surface area contributed by atoms with Crippen molar-refractivity contribution in [1.29, 1.82) is 0 Å². The Morgan fingerprint density at radius 1 is 1.38 bits per heavy atom. The van der Waals surface area contributed by atoms with Crippen LogP contribution in [0.2, 0.25) is 0 Å². The topological polar surface area (TPSA) is 64.8 Å². The molecular formula is C11H22N2O3. The van der Waals surface area contributed by atoms with Gasteiger partial charge in [0.25, 0.3) is 0 Å². The average molecular weight is 230 g/mol. The average Bonchev–Trinajstić information content (AvgIpc) is 2.36. The van der Waals surface area contributed by atoms with Crippen LogP contribution in [0.1, 0.15) is 26.7 Å². The highest BCUT2D eigenvalue weighted by molar-refractivity contribution is 5.67. The van der Waals surface area contributed by atoms with Crippen LogP contribution in [0.5, 0.6) is 0 Å². The summed E-state index contributed by atoms with van der Waals surface area (Å²) in [6, 6.07) is 0. The van der Waals surface area contributed by atoms with Gasteiger partial charge in [0.1, 0.15) is 6.61 Å². The van der Waals surface area contributed by atoms with Gasteiger partial charge in [-0.2, -0.15) is 0 Å². The lowest BCUT2D eigenvalue weighted by atomic mass is 9.96. The maximum Gasteiger partial charge on any atom is 0.409 e.